The summed E-state index contributed by atoms with van der Waals surface area (Å²) in [4.78, 5) is 0. The van der Waals surface area contributed by atoms with Crippen LogP contribution < -0.4 is 5.73 Å². The topological polar surface area (TPSA) is 46.2 Å². The van der Waals surface area contributed by atoms with Gasteiger partial charge in [-0.1, -0.05) is 34.1 Å². The number of nitrogens with two attached hydrogens (primary N) is 1. The molecule has 16 heavy (non-hydrogen) atoms. The van der Waals surface area contributed by atoms with Crippen molar-refractivity contribution in [1.29, 1.82) is 0 Å². The van der Waals surface area contributed by atoms with Crippen LogP contribution in [0.2, 0.25) is 0 Å². The van der Waals surface area contributed by atoms with Gasteiger partial charge in [0.1, 0.15) is 0 Å². The first kappa shape index (κ1) is 14.0. The first-order chi connectivity index (χ1) is 7.66. The molecule has 90 valence electrons. The molecule has 0 amide bonds. The molecule has 2 nitrogen and oxygen atoms in total. The summed E-state index contributed by atoms with van der Waals surface area (Å²) in [5, 5.41) is 9.07. The average Bonchev–Trinajstić information content (AvgIpc) is 2.25. The van der Waals surface area contributed by atoms with Gasteiger partial charge in [-0.15, -0.1) is 0 Å². The summed E-state index contributed by atoms with van der Waals surface area (Å²) in [6, 6.07) is 8.27. The van der Waals surface area contributed by atoms with Crippen LogP contribution in [0.5, 0.6) is 0 Å². The van der Waals surface area contributed by atoms with E-state index < -0.39 is 0 Å². The smallest absolute Gasteiger partial charge is 0.0456 e. The Hall–Kier alpha value is -0.0300. The van der Waals surface area contributed by atoms with Gasteiger partial charge in [0.25, 0.3) is 0 Å². The third kappa shape index (κ3) is 4.09. The number of thioether (sulfide) groups is 1. The minimum atomic E-state index is 0.0994. The van der Waals surface area contributed by atoms with E-state index in [1.807, 2.05) is 25.1 Å². The molecule has 0 spiro atoms. The molecule has 0 heterocycles. The van der Waals surface area contributed by atoms with Gasteiger partial charge in [0.15, 0.2) is 0 Å². The van der Waals surface area contributed by atoms with Crippen LogP contribution in [-0.2, 0) is 0 Å². The second-order valence-electron chi connectivity index (χ2n) is 3.75. The lowest BCUT2D eigenvalue weighted by Gasteiger charge is -2.21. The van der Waals surface area contributed by atoms with Crippen LogP contribution in [0, 0.1) is 0 Å². The number of aliphatic hydroxyl groups is 1. The predicted molar refractivity (Wildman–Crippen MR) is 74.7 cm³/mol. The summed E-state index contributed by atoms with van der Waals surface area (Å²) in [5.74, 6) is 0.935. The number of aliphatic hydroxyl groups excluding tert-OH is 1. The molecule has 0 aliphatic carbocycles. The number of hydrogen-bond acceptors (Lipinski definition) is 3. The normalized spacial score (nSPS) is 14.8. The zero-order valence-electron chi connectivity index (χ0n) is 9.40. The van der Waals surface area contributed by atoms with Crippen molar-refractivity contribution in [3.63, 3.8) is 0 Å². The van der Waals surface area contributed by atoms with Crippen LogP contribution >= 0.6 is 27.7 Å². The van der Waals surface area contributed by atoms with E-state index in [0.29, 0.717) is 0 Å². The van der Waals surface area contributed by atoms with Gasteiger partial charge >= 0.3 is 0 Å². The summed E-state index contributed by atoms with van der Waals surface area (Å²) >= 11 is 5.36. The highest BCUT2D eigenvalue weighted by Gasteiger charge is 2.18. The molecular weight excluding hydrogens is 286 g/mol. The molecule has 0 bridgehead atoms. The molecule has 4 heteroatoms. The SMILES string of the molecule is CC(N)C(SCCCO)c1ccccc1Br. The number of rotatable bonds is 6. The predicted octanol–water partition coefficient (Wildman–Crippen LogP) is 2.95. The Balaban J connectivity index is 2.74. The fraction of sp³-hybridized carbons (Fsp3) is 0.500. The molecule has 0 aliphatic rings. The van der Waals surface area contributed by atoms with Crippen molar-refractivity contribution in [3.8, 4) is 0 Å². The molecule has 1 aromatic rings. The van der Waals surface area contributed by atoms with E-state index >= 15 is 0 Å². The van der Waals surface area contributed by atoms with Gasteiger partial charge in [0, 0.05) is 22.4 Å². The van der Waals surface area contributed by atoms with Crippen molar-refractivity contribution in [1.82, 2.24) is 0 Å². The third-order valence-corrected chi connectivity index (χ3v) is 4.58. The van der Waals surface area contributed by atoms with Crippen molar-refractivity contribution in [2.75, 3.05) is 12.4 Å². The Morgan fingerprint density at radius 1 is 1.44 bits per heavy atom. The van der Waals surface area contributed by atoms with Gasteiger partial charge in [0.05, 0.1) is 0 Å². The van der Waals surface area contributed by atoms with E-state index in [9.17, 15) is 0 Å². The second-order valence-corrected chi connectivity index (χ2v) is 5.85. The van der Waals surface area contributed by atoms with Gasteiger partial charge in [-0.2, -0.15) is 11.8 Å². The first-order valence-corrected chi connectivity index (χ1v) is 7.23. The van der Waals surface area contributed by atoms with Crippen molar-refractivity contribution in [2.45, 2.75) is 24.6 Å². The van der Waals surface area contributed by atoms with Gasteiger partial charge in [-0.25, -0.2) is 0 Å². The van der Waals surface area contributed by atoms with Crippen LogP contribution in [0.3, 0.4) is 0 Å². The molecule has 0 fully saturated rings. The Morgan fingerprint density at radius 2 is 2.12 bits per heavy atom. The maximum absolute atomic E-state index is 8.79. The minimum Gasteiger partial charge on any atom is -0.396 e. The van der Waals surface area contributed by atoms with Crippen LogP contribution in [0.25, 0.3) is 0 Å². The van der Waals surface area contributed by atoms with Crippen molar-refractivity contribution in [3.05, 3.63) is 34.3 Å². The average molecular weight is 304 g/mol. The molecule has 2 atom stereocenters. The van der Waals surface area contributed by atoms with Crippen molar-refractivity contribution >= 4 is 27.7 Å². The maximum Gasteiger partial charge on any atom is 0.0456 e. The molecule has 0 saturated carbocycles. The minimum absolute atomic E-state index is 0.0994. The molecule has 0 aromatic heterocycles. The summed E-state index contributed by atoms with van der Waals surface area (Å²) in [6.07, 6.45) is 0.818. The Bertz CT molecular complexity index is 320. The largest absolute Gasteiger partial charge is 0.396 e. The number of halogens is 1. The summed E-state index contributed by atoms with van der Waals surface area (Å²) in [5.41, 5.74) is 7.25. The molecule has 0 aliphatic heterocycles. The van der Waals surface area contributed by atoms with Crippen molar-refractivity contribution in [2.24, 2.45) is 5.73 Å². The lowest BCUT2D eigenvalue weighted by molar-refractivity contribution is 0.296. The number of hydrogen-bond donors (Lipinski definition) is 2. The van der Waals surface area contributed by atoms with Crippen LogP contribution in [0.1, 0.15) is 24.2 Å². The molecule has 0 radical (unpaired) electrons. The fourth-order valence-corrected chi connectivity index (χ4v) is 3.43. The van der Waals surface area contributed by atoms with E-state index in [2.05, 4.69) is 22.0 Å². The van der Waals surface area contributed by atoms with Crippen LogP contribution in [-0.4, -0.2) is 23.5 Å². The standard InChI is InChI=1S/C12H18BrNOS/c1-9(14)12(16-8-4-7-15)10-5-2-3-6-11(10)13/h2-3,5-6,9,12,15H,4,7-8,14H2,1H3. The third-order valence-electron chi connectivity index (χ3n) is 2.29. The van der Waals surface area contributed by atoms with Gasteiger partial charge in [0.2, 0.25) is 0 Å². The highest BCUT2D eigenvalue weighted by atomic mass is 79.9. The molecular formula is C12H18BrNOS. The Kier molecular flexibility index (Phi) is 6.43. The van der Waals surface area contributed by atoms with E-state index in [1.165, 1.54) is 5.56 Å². The van der Waals surface area contributed by atoms with Gasteiger partial charge in [-0.05, 0) is 30.7 Å². The lowest BCUT2D eigenvalue weighted by atomic mass is 10.1. The zero-order chi connectivity index (χ0) is 12.0. The zero-order valence-corrected chi connectivity index (χ0v) is 11.8. The summed E-state index contributed by atoms with van der Waals surface area (Å²) in [7, 11) is 0. The highest BCUT2D eigenvalue weighted by molar-refractivity contribution is 9.10. The first-order valence-electron chi connectivity index (χ1n) is 5.39. The Morgan fingerprint density at radius 3 is 2.69 bits per heavy atom. The van der Waals surface area contributed by atoms with E-state index in [4.69, 9.17) is 10.8 Å². The highest BCUT2D eigenvalue weighted by Crippen LogP contribution is 2.35. The van der Waals surface area contributed by atoms with Gasteiger partial charge < -0.3 is 10.8 Å². The van der Waals surface area contributed by atoms with E-state index in [0.717, 1.165) is 16.6 Å². The summed E-state index contributed by atoms with van der Waals surface area (Å²) in [6.45, 7) is 2.27. The monoisotopic (exact) mass is 303 g/mol. The van der Waals surface area contributed by atoms with Crippen LogP contribution in [0.4, 0.5) is 0 Å². The van der Waals surface area contributed by atoms with E-state index in [-0.39, 0.29) is 17.9 Å². The van der Waals surface area contributed by atoms with Crippen molar-refractivity contribution < 1.29 is 5.11 Å². The van der Waals surface area contributed by atoms with E-state index in [1.54, 1.807) is 11.8 Å². The summed E-state index contributed by atoms with van der Waals surface area (Å²) < 4.78 is 1.11. The lowest BCUT2D eigenvalue weighted by Crippen LogP contribution is -2.23. The molecule has 1 rings (SSSR count). The Labute approximate surface area is 110 Å². The molecule has 2 unspecified atom stereocenters. The molecule has 0 saturated heterocycles. The van der Waals surface area contributed by atoms with Gasteiger partial charge in [-0.3, -0.25) is 0 Å². The maximum atomic E-state index is 8.79. The number of benzene rings is 1. The quantitative estimate of drug-likeness (QED) is 0.794. The molecule has 1 aromatic carbocycles. The van der Waals surface area contributed by atoms with Crippen LogP contribution in [0.15, 0.2) is 28.7 Å². The second kappa shape index (κ2) is 7.33. The fourth-order valence-electron chi connectivity index (χ4n) is 1.51. The molecule has 3 N–H and O–H groups in total.